The molecule has 2 N–H and O–H groups in total. The monoisotopic (exact) mass is 164 g/mol. The van der Waals surface area contributed by atoms with Gasteiger partial charge in [0.1, 0.15) is 5.75 Å². The molecule has 0 heterocycles. The van der Waals surface area contributed by atoms with Crippen LogP contribution in [0.3, 0.4) is 0 Å². The van der Waals surface area contributed by atoms with Crippen molar-refractivity contribution >= 4 is 5.91 Å². The van der Waals surface area contributed by atoms with E-state index in [4.69, 9.17) is 10.5 Å². The number of benzene rings is 1. The Balaban J connectivity index is 2.58. The lowest BCUT2D eigenvalue weighted by molar-refractivity contribution is -0.123. The summed E-state index contributed by atoms with van der Waals surface area (Å²) in [4.78, 5) is 10.6. The molecule has 1 unspecified atom stereocenters. The fraction of sp³-hybridized carbons (Fsp3) is 0.222. The average Bonchev–Trinajstić information content (AvgIpc) is 2.06. The summed E-state index contributed by atoms with van der Waals surface area (Å²) in [6.07, 6.45) is -0.590. The van der Waals surface area contributed by atoms with E-state index in [1.54, 1.807) is 31.2 Å². The lowest BCUT2D eigenvalue weighted by atomic mass is 10.3. The van der Waals surface area contributed by atoms with Crippen LogP contribution in [0.2, 0.25) is 0 Å². The molecule has 3 nitrogen and oxygen atoms in total. The van der Waals surface area contributed by atoms with Crippen LogP contribution in [0.5, 0.6) is 5.75 Å². The van der Waals surface area contributed by atoms with Crippen molar-refractivity contribution in [2.45, 2.75) is 13.0 Å². The molecule has 12 heavy (non-hydrogen) atoms. The van der Waals surface area contributed by atoms with Crippen LogP contribution in [-0.2, 0) is 4.79 Å². The third-order valence-corrected chi connectivity index (χ3v) is 1.40. The van der Waals surface area contributed by atoms with E-state index in [-0.39, 0.29) is 0 Å². The van der Waals surface area contributed by atoms with E-state index in [1.165, 1.54) is 0 Å². The third kappa shape index (κ3) is 2.27. The Bertz CT molecular complexity index is 258. The third-order valence-electron chi connectivity index (χ3n) is 1.40. The van der Waals surface area contributed by atoms with Crippen molar-refractivity contribution in [1.82, 2.24) is 0 Å². The summed E-state index contributed by atoms with van der Waals surface area (Å²) in [5.41, 5.74) is 5.01. The van der Waals surface area contributed by atoms with Gasteiger partial charge in [-0.2, -0.15) is 0 Å². The van der Waals surface area contributed by atoms with Crippen molar-refractivity contribution in [2.75, 3.05) is 0 Å². The van der Waals surface area contributed by atoms with E-state index in [1.807, 2.05) is 0 Å². The molecule has 1 amide bonds. The number of ether oxygens (including phenoxy) is 1. The van der Waals surface area contributed by atoms with E-state index in [0.717, 1.165) is 0 Å². The molecule has 3 heteroatoms. The first kappa shape index (κ1) is 8.59. The highest BCUT2D eigenvalue weighted by Gasteiger charge is 2.08. The molecule has 1 atom stereocenters. The first-order chi connectivity index (χ1) is 5.70. The molecular formula is C9H10NO2. The van der Waals surface area contributed by atoms with Crippen molar-refractivity contribution in [3.8, 4) is 5.75 Å². The highest BCUT2D eigenvalue weighted by atomic mass is 16.5. The van der Waals surface area contributed by atoms with Gasteiger partial charge in [-0.05, 0) is 25.1 Å². The topological polar surface area (TPSA) is 52.3 Å². The maximum Gasteiger partial charge on any atom is 0.258 e. The van der Waals surface area contributed by atoms with Crippen LogP contribution in [0.25, 0.3) is 0 Å². The van der Waals surface area contributed by atoms with Crippen molar-refractivity contribution < 1.29 is 9.53 Å². The normalized spacial score (nSPS) is 12.1. The molecular weight excluding hydrogens is 154 g/mol. The maximum atomic E-state index is 10.6. The Morgan fingerprint density at radius 2 is 2.17 bits per heavy atom. The summed E-state index contributed by atoms with van der Waals surface area (Å²) >= 11 is 0. The Hall–Kier alpha value is -1.51. The van der Waals surface area contributed by atoms with E-state index in [9.17, 15) is 4.79 Å². The second-order valence-corrected chi connectivity index (χ2v) is 2.40. The molecule has 1 rings (SSSR count). The summed E-state index contributed by atoms with van der Waals surface area (Å²) in [6, 6.07) is 9.71. The molecule has 0 aliphatic carbocycles. The minimum Gasteiger partial charge on any atom is -0.481 e. The van der Waals surface area contributed by atoms with Gasteiger partial charge < -0.3 is 10.5 Å². The average molecular weight is 164 g/mol. The summed E-state index contributed by atoms with van der Waals surface area (Å²) < 4.78 is 5.18. The van der Waals surface area contributed by atoms with Crippen LogP contribution in [0, 0.1) is 6.07 Å². The van der Waals surface area contributed by atoms with Gasteiger partial charge in [-0.25, -0.2) is 0 Å². The predicted octanol–water partition coefficient (Wildman–Crippen LogP) is 0.739. The van der Waals surface area contributed by atoms with Crippen LogP contribution < -0.4 is 10.5 Å². The van der Waals surface area contributed by atoms with Crippen LogP contribution >= 0.6 is 0 Å². The zero-order valence-corrected chi connectivity index (χ0v) is 6.78. The number of carbonyl (C=O) groups is 1. The molecule has 0 bridgehead atoms. The standard InChI is InChI=1S/C9H10NO2/c1-7(9(10)11)12-8-5-3-2-4-6-8/h3-7H,1H3,(H2,10,11). The number of hydrogen-bond acceptors (Lipinski definition) is 2. The maximum absolute atomic E-state index is 10.6. The van der Waals surface area contributed by atoms with E-state index in [0.29, 0.717) is 5.75 Å². The zero-order chi connectivity index (χ0) is 8.97. The van der Waals surface area contributed by atoms with Crippen molar-refractivity contribution in [2.24, 2.45) is 5.73 Å². The van der Waals surface area contributed by atoms with Gasteiger partial charge in [0.25, 0.3) is 5.91 Å². The first-order valence-corrected chi connectivity index (χ1v) is 3.62. The lowest BCUT2D eigenvalue weighted by Crippen LogP contribution is -2.30. The fourth-order valence-corrected chi connectivity index (χ4v) is 0.712. The minimum atomic E-state index is -0.590. The largest absolute Gasteiger partial charge is 0.481 e. The molecule has 0 aromatic heterocycles. The number of rotatable bonds is 3. The molecule has 0 saturated carbocycles. The van der Waals surface area contributed by atoms with E-state index in [2.05, 4.69) is 6.07 Å². The smallest absolute Gasteiger partial charge is 0.258 e. The quantitative estimate of drug-likeness (QED) is 0.716. The summed E-state index contributed by atoms with van der Waals surface area (Å²) in [5, 5.41) is 0. The van der Waals surface area contributed by atoms with Gasteiger partial charge in [0.15, 0.2) is 6.10 Å². The second-order valence-electron chi connectivity index (χ2n) is 2.40. The number of primary amides is 1. The number of carbonyl (C=O) groups excluding carboxylic acids is 1. The Morgan fingerprint density at radius 3 is 2.67 bits per heavy atom. The second kappa shape index (κ2) is 3.76. The summed E-state index contributed by atoms with van der Waals surface area (Å²) in [7, 11) is 0. The van der Waals surface area contributed by atoms with Gasteiger partial charge in [-0.1, -0.05) is 12.1 Å². The fourth-order valence-electron chi connectivity index (χ4n) is 0.712. The van der Waals surface area contributed by atoms with Gasteiger partial charge in [0.2, 0.25) is 0 Å². The summed E-state index contributed by atoms with van der Waals surface area (Å²) in [5.74, 6) is 0.155. The molecule has 63 valence electrons. The van der Waals surface area contributed by atoms with E-state index >= 15 is 0 Å². The highest BCUT2D eigenvalue weighted by Crippen LogP contribution is 2.09. The van der Waals surface area contributed by atoms with E-state index < -0.39 is 12.0 Å². The number of amides is 1. The Labute approximate surface area is 71.1 Å². The Morgan fingerprint density at radius 1 is 1.58 bits per heavy atom. The van der Waals surface area contributed by atoms with Gasteiger partial charge in [-0.15, -0.1) is 0 Å². The molecule has 0 spiro atoms. The van der Waals surface area contributed by atoms with Crippen LogP contribution in [0.4, 0.5) is 0 Å². The molecule has 0 fully saturated rings. The first-order valence-electron chi connectivity index (χ1n) is 3.62. The van der Waals surface area contributed by atoms with Crippen molar-refractivity contribution in [3.05, 3.63) is 30.3 Å². The molecule has 1 radical (unpaired) electrons. The molecule has 0 saturated heterocycles. The Kier molecular flexibility index (Phi) is 2.69. The summed E-state index contributed by atoms with van der Waals surface area (Å²) in [6.45, 7) is 1.61. The zero-order valence-electron chi connectivity index (χ0n) is 6.78. The lowest BCUT2D eigenvalue weighted by Gasteiger charge is -2.09. The number of nitrogens with two attached hydrogens (primary N) is 1. The highest BCUT2D eigenvalue weighted by molar-refractivity contribution is 5.78. The van der Waals surface area contributed by atoms with Gasteiger partial charge >= 0.3 is 0 Å². The SMILES string of the molecule is CC(Oc1cc[c]cc1)C(N)=O. The van der Waals surface area contributed by atoms with Gasteiger partial charge in [0.05, 0.1) is 0 Å². The van der Waals surface area contributed by atoms with Crippen LogP contribution in [-0.4, -0.2) is 12.0 Å². The minimum absolute atomic E-state index is 0.470. The van der Waals surface area contributed by atoms with Gasteiger partial charge in [0, 0.05) is 0 Å². The molecule has 1 aromatic rings. The predicted molar refractivity (Wildman–Crippen MR) is 44.6 cm³/mol. The van der Waals surface area contributed by atoms with Crippen molar-refractivity contribution in [3.63, 3.8) is 0 Å². The van der Waals surface area contributed by atoms with Crippen LogP contribution in [0.15, 0.2) is 24.3 Å². The molecule has 0 aliphatic rings. The van der Waals surface area contributed by atoms with Crippen LogP contribution in [0.1, 0.15) is 6.92 Å². The molecule has 1 aromatic carbocycles. The molecule has 0 aliphatic heterocycles. The van der Waals surface area contributed by atoms with Gasteiger partial charge in [-0.3, -0.25) is 4.79 Å². The van der Waals surface area contributed by atoms with Crippen molar-refractivity contribution in [1.29, 1.82) is 0 Å². The number of hydrogen-bond donors (Lipinski definition) is 1.